The lowest BCUT2D eigenvalue weighted by atomic mass is 10.0. The lowest BCUT2D eigenvalue weighted by Crippen LogP contribution is -2.22. The molecule has 0 radical (unpaired) electrons. The van der Waals surface area contributed by atoms with Crippen LogP contribution in [0.15, 0.2) is 89.1 Å². The van der Waals surface area contributed by atoms with Crippen molar-refractivity contribution in [2.24, 2.45) is 0 Å². The van der Waals surface area contributed by atoms with Crippen LogP contribution in [0.5, 0.6) is 0 Å². The van der Waals surface area contributed by atoms with E-state index in [0.29, 0.717) is 29.8 Å². The molecule has 1 aliphatic carbocycles. The Balaban J connectivity index is 1.19. The topological polar surface area (TPSA) is 65.6 Å². The maximum atomic E-state index is 13.3. The van der Waals surface area contributed by atoms with Crippen molar-refractivity contribution < 1.29 is 8.78 Å². The largest absolute Gasteiger partial charge is 0.316 e. The number of nitrogens with zero attached hydrogens (tertiary/aromatic N) is 5. The van der Waals surface area contributed by atoms with Crippen molar-refractivity contribution >= 4 is 11.8 Å². The average molecular weight is 542 g/mol. The van der Waals surface area contributed by atoms with Crippen molar-refractivity contribution in [3.63, 3.8) is 0 Å². The van der Waals surface area contributed by atoms with Crippen molar-refractivity contribution in [1.82, 2.24) is 24.3 Å². The Morgan fingerprint density at radius 1 is 0.795 bits per heavy atom. The zero-order valence-corrected chi connectivity index (χ0v) is 21.9. The van der Waals surface area contributed by atoms with Crippen LogP contribution >= 0.6 is 11.8 Å². The molecule has 6 nitrogen and oxygen atoms in total. The predicted molar refractivity (Wildman–Crippen MR) is 147 cm³/mol. The number of aromatic nitrogens is 5. The SMILES string of the molecule is O=c1nc(SCc2ccc(F)cc2)n(Cc2ncn(Cc3ccc(-c4ccc(F)cc4)cc3)n2)c2c1CCC2. The average Bonchev–Trinajstić information content (AvgIpc) is 3.61. The first kappa shape index (κ1) is 25.2. The lowest BCUT2D eigenvalue weighted by molar-refractivity contribution is 0.593. The monoisotopic (exact) mass is 541 g/mol. The van der Waals surface area contributed by atoms with Crippen LogP contribution in [0.2, 0.25) is 0 Å². The molecule has 5 aromatic rings. The quantitative estimate of drug-likeness (QED) is 0.187. The third-order valence-electron chi connectivity index (χ3n) is 6.84. The summed E-state index contributed by atoms with van der Waals surface area (Å²) in [7, 11) is 0. The van der Waals surface area contributed by atoms with Crippen molar-refractivity contribution in [3.05, 3.63) is 129 Å². The van der Waals surface area contributed by atoms with Gasteiger partial charge in [0.05, 0.1) is 13.1 Å². The van der Waals surface area contributed by atoms with Gasteiger partial charge in [0.15, 0.2) is 11.0 Å². The fourth-order valence-electron chi connectivity index (χ4n) is 4.84. The molecular weight excluding hydrogens is 516 g/mol. The number of hydrogen-bond acceptors (Lipinski definition) is 5. The van der Waals surface area contributed by atoms with Crippen molar-refractivity contribution in [1.29, 1.82) is 0 Å². The van der Waals surface area contributed by atoms with Crippen LogP contribution in [0, 0.1) is 11.6 Å². The van der Waals surface area contributed by atoms with E-state index in [2.05, 4.69) is 14.5 Å². The molecule has 196 valence electrons. The summed E-state index contributed by atoms with van der Waals surface area (Å²) in [6.07, 6.45) is 4.19. The molecule has 0 N–H and O–H groups in total. The van der Waals surface area contributed by atoms with Crippen molar-refractivity contribution in [2.75, 3.05) is 0 Å². The zero-order valence-electron chi connectivity index (χ0n) is 21.1. The Hall–Kier alpha value is -4.11. The van der Waals surface area contributed by atoms with Gasteiger partial charge < -0.3 is 4.57 Å². The fraction of sp³-hybridized carbons (Fsp3) is 0.200. The van der Waals surface area contributed by atoms with Crippen LogP contribution in [0.1, 0.15) is 34.6 Å². The van der Waals surface area contributed by atoms with Crippen molar-refractivity contribution in [3.8, 4) is 11.1 Å². The molecular formula is C30H25F2N5OS. The summed E-state index contributed by atoms with van der Waals surface area (Å²) >= 11 is 1.46. The van der Waals surface area contributed by atoms with Gasteiger partial charge >= 0.3 is 0 Å². The molecule has 0 fully saturated rings. The summed E-state index contributed by atoms with van der Waals surface area (Å²) in [6, 6.07) is 20.9. The molecule has 3 aromatic carbocycles. The van der Waals surface area contributed by atoms with E-state index in [9.17, 15) is 13.6 Å². The molecule has 0 bridgehead atoms. The molecule has 39 heavy (non-hydrogen) atoms. The molecule has 0 atom stereocenters. The van der Waals surface area contributed by atoms with Gasteiger partial charge in [-0.05, 0) is 65.8 Å². The van der Waals surface area contributed by atoms with Gasteiger partial charge in [-0.3, -0.25) is 4.79 Å². The van der Waals surface area contributed by atoms with E-state index < -0.39 is 0 Å². The molecule has 2 heterocycles. The smallest absolute Gasteiger partial charge is 0.277 e. The van der Waals surface area contributed by atoms with E-state index in [1.165, 1.54) is 36.0 Å². The third kappa shape index (κ3) is 5.68. The molecule has 2 aromatic heterocycles. The first-order chi connectivity index (χ1) is 19.0. The summed E-state index contributed by atoms with van der Waals surface area (Å²) in [5.74, 6) is 0.683. The highest BCUT2D eigenvalue weighted by atomic mass is 32.2. The number of fused-ring (bicyclic) bond motifs is 1. The molecule has 0 aliphatic heterocycles. The Labute approximate surface area is 228 Å². The van der Waals surface area contributed by atoms with Gasteiger partial charge in [0.1, 0.15) is 18.0 Å². The maximum absolute atomic E-state index is 13.3. The minimum Gasteiger partial charge on any atom is -0.316 e. The second kappa shape index (κ2) is 10.9. The number of rotatable bonds is 8. The molecule has 0 saturated heterocycles. The second-order valence-electron chi connectivity index (χ2n) is 9.54. The normalized spacial score (nSPS) is 12.6. The first-order valence-electron chi connectivity index (χ1n) is 12.7. The summed E-state index contributed by atoms with van der Waals surface area (Å²) in [6.45, 7) is 0.973. The highest BCUT2D eigenvalue weighted by molar-refractivity contribution is 7.98. The van der Waals surface area contributed by atoms with Gasteiger partial charge in [-0.1, -0.05) is 60.3 Å². The van der Waals surface area contributed by atoms with Gasteiger partial charge in [0.25, 0.3) is 5.56 Å². The number of benzene rings is 3. The predicted octanol–water partition coefficient (Wildman–Crippen LogP) is 5.66. The van der Waals surface area contributed by atoms with Gasteiger partial charge in [-0.25, -0.2) is 18.4 Å². The molecule has 0 unspecified atom stereocenters. The van der Waals surface area contributed by atoms with Crippen LogP contribution in [0.4, 0.5) is 8.78 Å². The zero-order chi connectivity index (χ0) is 26.8. The summed E-state index contributed by atoms with van der Waals surface area (Å²) in [5, 5.41) is 5.32. The Morgan fingerprint density at radius 3 is 2.15 bits per heavy atom. The second-order valence-corrected chi connectivity index (χ2v) is 10.5. The third-order valence-corrected chi connectivity index (χ3v) is 7.89. The van der Waals surface area contributed by atoms with Crippen LogP contribution in [0.25, 0.3) is 11.1 Å². The number of thioether (sulfide) groups is 1. The van der Waals surface area contributed by atoms with E-state index in [1.54, 1.807) is 35.3 Å². The Kier molecular flexibility index (Phi) is 7.06. The van der Waals surface area contributed by atoms with E-state index in [4.69, 9.17) is 5.10 Å². The maximum Gasteiger partial charge on any atom is 0.277 e. The van der Waals surface area contributed by atoms with E-state index >= 15 is 0 Å². The van der Waals surface area contributed by atoms with Crippen molar-refractivity contribution in [2.45, 2.75) is 43.3 Å². The standard InChI is InChI=1S/C30H25F2N5OS/c31-24-12-6-21(7-13-24)18-39-30-34-29(38)26-2-1-3-27(26)37(30)17-28-33-19-36(35-28)16-20-4-8-22(9-5-20)23-10-14-25(32)15-11-23/h4-15,19H,1-3,16-18H2. The molecule has 0 amide bonds. The lowest BCUT2D eigenvalue weighted by Gasteiger charge is -2.15. The van der Waals surface area contributed by atoms with Gasteiger partial charge in [0.2, 0.25) is 0 Å². The first-order valence-corrected chi connectivity index (χ1v) is 13.7. The van der Waals surface area contributed by atoms with E-state index in [0.717, 1.165) is 52.8 Å². The molecule has 6 rings (SSSR count). The van der Waals surface area contributed by atoms with Gasteiger partial charge in [0, 0.05) is 17.0 Å². The van der Waals surface area contributed by atoms with E-state index in [1.807, 2.05) is 24.3 Å². The van der Waals surface area contributed by atoms with E-state index in [-0.39, 0.29) is 17.2 Å². The van der Waals surface area contributed by atoms with Crippen LogP contribution in [0.3, 0.4) is 0 Å². The van der Waals surface area contributed by atoms with Gasteiger partial charge in [-0.15, -0.1) is 0 Å². The molecule has 9 heteroatoms. The number of hydrogen-bond donors (Lipinski definition) is 0. The van der Waals surface area contributed by atoms with Crippen LogP contribution in [-0.4, -0.2) is 24.3 Å². The molecule has 0 saturated carbocycles. The summed E-state index contributed by atoms with van der Waals surface area (Å²) < 4.78 is 30.4. The fourth-order valence-corrected chi connectivity index (χ4v) is 5.81. The highest BCUT2D eigenvalue weighted by Gasteiger charge is 2.22. The minimum atomic E-state index is -0.276. The summed E-state index contributed by atoms with van der Waals surface area (Å²) in [5.41, 5.74) is 5.62. The minimum absolute atomic E-state index is 0.164. The Morgan fingerprint density at radius 2 is 1.44 bits per heavy atom. The number of halogens is 2. The summed E-state index contributed by atoms with van der Waals surface area (Å²) in [4.78, 5) is 21.6. The Bertz CT molecular complexity index is 1660. The van der Waals surface area contributed by atoms with Crippen LogP contribution in [-0.2, 0) is 31.7 Å². The van der Waals surface area contributed by atoms with Crippen LogP contribution < -0.4 is 5.56 Å². The van der Waals surface area contributed by atoms with Gasteiger partial charge in [-0.2, -0.15) is 10.1 Å². The molecule has 0 spiro atoms. The highest BCUT2D eigenvalue weighted by Crippen LogP contribution is 2.27. The molecule has 1 aliphatic rings.